The average Bonchev–Trinajstić information content (AvgIpc) is 3.54. The fraction of sp³-hybridized carbons (Fsp3) is 0.0426. The third-order valence-electron chi connectivity index (χ3n) is 10.3. The molecule has 0 spiro atoms. The second kappa shape index (κ2) is 12.9. The fourth-order valence-electron chi connectivity index (χ4n) is 7.92. The Morgan fingerprint density at radius 1 is 0.451 bits per heavy atom. The molecule has 7 aromatic carbocycles. The third-order valence-corrected chi connectivity index (χ3v) is 15.1. The molecule has 1 aromatic heterocycles. The van der Waals surface area contributed by atoms with E-state index in [1.165, 1.54) is 42.6 Å². The van der Waals surface area contributed by atoms with Gasteiger partial charge in [0.05, 0.1) is 16.7 Å². The molecule has 0 unspecified atom stereocenters. The highest BCUT2D eigenvalue weighted by atomic mass is 28.3. The van der Waals surface area contributed by atoms with Crippen molar-refractivity contribution in [2.24, 2.45) is 4.99 Å². The summed E-state index contributed by atoms with van der Waals surface area (Å²) in [5.41, 5.74) is 6.83. The number of aliphatic imine (C=N–C) groups is 1. The molecule has 0 aliphatic carbocycles. The van der Waals surface area contributed by atoms with Crippen LogP contribution >= 0.6 is 0 Å². The highest BCUT2D eigenvalue weighted by molar-refractivity contribution is 7.19. The average molecular weight is 672 g/mol. The molecule has 51 heavy (non-hydrogen) atoms. The van der Waals surface area contributed by atoms with Crippen LogP contribution in [0.5, 0.6) is 0 Å². The van der Waals surface area contributed by atoms with Gasteiger partial charge in [-0.1, -0.05) is 176 Å². The van der Waals surface area contributed by atoms with Gasteiger partial charge in [0.1, 0.15) is 0 Å². The Morgan fingerprint density at radius 3 is 1.63 bits per heavy atom. The van der Waals surface area contributed by atoms with Crippen LogP contribution in [0.4, 0.5) is 0 Å². The minimum absolute atomic E-state index is 0.753. The Hall–Kier alpha value is -6.23. The van der Waals surface area contributed by atoms with Crippen LogP contribution < -0.4 is 20.7 Å². The maximum atomic E-state index is 5.50. The molecule has 0 bridgehead atoms. The summed E-state index contributed by atoms with van der Waals surface area (Å²) in [6.07, 6.45) is 2.27. The van der Waals surface area contributed by atoms with Gasteiger partial charge in [0, 0.05) is 24.4 Å². The van der Waals surface area contributed by atoms with Gasteiger partial charge in [-0.25, -0.2) is 4.99 Å². The predicted molar refractivity (Wildman–Crippen MR) is 218 cm³/mol. The van der Waals surface area contributed by atoms with Crippen molar-refractivity contribution in [2.75, 3.05) is 13.6 Å². The summed E-state index contributed by atoms with van der Waals surface area (Å²) in [5.74, 6) is 0.923. The van der Waals surface area contributed by atoms with Crippen LogP contribution in [0.3, 0.4) is 0 Å². The Kier molecular flexibility index (Phi) is 7.79. The summed E-state index contributed by atoms with van der Waals surface area (Å²) in [6.45, 7) is 0.753. The van der Waals surface area contributed by atoms with E-state index < -0.39 is 8.07 Å². The van der Waals surface area contributed by atoms with Gasteiger partial charge < -0.3 is 4.90 Å². The topological polar surface area (TPSA) is 20.5 Å². The molecule has 0 atom stereocenters. The van der Waals surface area contributed by atoms with E-state index in [2.05, 4.69) is 211 Å². The largest absolute Gasteiger partial charge is 0.341 e. The molecule has 1 aliphatic heterocycles. The zero-order valence-corrected chi connectivity index (χ0v) is 29.5. The first kappa shape index (κ1) is 30.8. The van der Waals surface area contributed by atoms with Crippen LogP contribution in [-0.4, -0.2) is 37.1 Å². The second-order valence-corrected chi connectivity index (χ2v) is 17.1. The van der Waals surface area contributed by atoms with E-state index >= 15 is 0 Å². The smallest absolute Gasteiger partial charge is 0.211 e. The Balaban J connectivity index is 1.23. The summed E-state index contributed by atoms with van der Waals surface area (Å²) in [7, 11) is -0.540. The Bertz CT molecular complexity index is 2460. The van der Waals surface area contributed by atoms with E-state index in [0.29, 0.717) is 0 Å². The highest BCUT2D eigenvalue weighted by Gasteiger charge is 2.41. The number of likely N-dealkylation sites (N-methyl/N-ethyl adjacent to an activating group) is 1. The predicted octanol–water partition coefficient (Wildman–Crippen LogP) is 8.03. The first-order valence-corrected chi connectivity index (χ1v) is 19.6. The van der Waals surface area contributed by atoms with Crippen molar-refractivity contribution in [3.8, 4) is 11.1 Å². The molecule has 9 rings (SSSR count). The second-order valence-electron chi connectivity index (χ2n) is 13.3. The van der Waals surface area contributed by atoms with Crippen molar-refractivity contribution in [3.05, 3.63) is 200 Å². The first-order chi connectivity index (χ1) is 25.2. The van der Waals surface area contributed by atoms with Crippen molar-refractivity contribution < 1.29 is 0 Å². The molecule has 0 amide bonds. The van der Waals surface area contributed by atoms with Gasteiger partial charge >= 0.3 is 0 Å². The monoisotopic (exact) mass is 671 g/mol. The van der Waals surface area contributed by atoms with Gasteiger partial charge in [0.2, 0.25) is 5.96 Å². The summed E-state index contributed by atoms with van der Waals surface area (Å²) < 4.78 is 2.35. The Labute approximate surface area is 300 Å². The molecule has 0 saturated carbocycles. The zero-order chi connectivity index (χ0) is 34.2. The highest BCUT2D eigenvalue weighted by Crippen LogP contribution is 2.34. The lowest BCUT2D eigenvalue weighted by atomic mass is 10.0. The maximum absolute atomic E-state index is 5.50. The molecular weight excluding hydrogens is 635 g/mol. The zero-order valence-electron chi connectivity index (χ0n) is 28.5. The third kappa shape index (κ3) is 5.23. The summed E-state index contributed by atoms with van der Waals surface area (Å²) in [6, 6.07) is 68.6. The lowest BCUT2D eigenvalue weighted by molar-refractivity contribution is 0.541. The van der Waals surface area contributed by atoms with E-state index in [1.54, 1.807) is 0 Å². The number of hydrogen-bond donors (Lipinski definition) is 0. The number of fused-ring (bicyclic) bond motifs is 3. The van der Waals surface area contributed by atoms with E-state index in [-0.39, 0.29) is 0 Å². The van der Waals surface area contributed by atoms with Gasteiger partial charge in [0.15, 0.2) is 8.07 Å². The van der Waals surface area contributed by atoms with Crippen LogP contribution in [0, 0.1) is 0 Å². The first-order valence-electron chi connectivity index (χ1n) is 17.6. The number of hydrogen-bond acceptors (Lipinski definition) is 2. The molecule has 8 aromatic rings. The minimum atomic E-state index is -2.68. The number of para-hydroxylation sites is 1. The normalized spacial score (nSPS) is 13.3. The summed E-state index contributed by atoms with van der Waals surface area (Å²) >= 11 is 0. The van der Waals surface area contributed by atoms with Crippen LogP contribution in [0.1, 0.15) is 5.56 Å². The van der Waals surface area contributed by atoms with E-state index in [1.807, 2.05) is 0 Å². The van der Waals surface area contributed by atoms with Gasteiger partial charge in [-0.15, -0.1) is 0 Å². The van der Waals surface area contributed by atoms with Gasteiger partial charge in [0.25, 0.3) is 0 Å². The lowest BCUT2D eigenvalue weighted by Crippen LogP contribution is -2.74. The molecule has 1 aliphatic rings. The molecule has 0 radical (unpaired) electrons. The molecule has 4 heteroatoms. The number of aromatic nitrogens is 1. The number of rotatable bonds is 6. The molecule has 244 valence electrons. The van der Waals surface area contributed by atoms with Crippen molar-refractivity contribution in [1.82, 2.24) is 9.47 Å². The number of benzene rings is 7. The van der Waals surface area contributed by atoms with E-state index in [4.69, 9.17) is 4.99 Å². The van der Waals surface area contributed by atoms with Crippen molar-refractivity contribution in [2.45, 2.75) is 0 Å². The summed E-state index contributed by atoms with van der Waals surface area (Å²) in [5, 5.41) is 7.88. The fourth-order valence-corrected chi connectivity index (χ4v) is 12.7. The molecule has 0 fully saturated rings. The standard InChI is InChI=1S/C47H37N3Si/c1-49-32-31-44(48-47(49)50-45-28-15-14-27-42(45)43-30-29-36(34-46(43)50)35-17-6-2-7-18-35)37-19-16-26-41(33-37)51(38-20-8-3-9-21-38,39-22-10-4-11-23-39)40-24-12-5-13-25-40/h2-31,33-34H,32H2,1H3. The number of nitrogens with zero attached hydrogens (tertiary/aromatic N) is 3. The summed E-state index contributed by atoms with van der Waals surface area (Å²) in [4.78, 5) is 7.76. The van der Waals surface area contributed by atoms with Crippen LogP contribution in [0.15, 0.2) is 199 Å². The minimum Gasteiger partial charge on any atom is -0.341 e. The van der Waals surface area contributed by atoms with Gasteiger partial charge in [-0.2, -0.15) is 0 Å². The van der Waals surface area contributed by atoms with Crippen LogP contribution in [0.25, 0.3) is 38.6 Å². The molecule has 0 saturated heterocycles. The maximum Gasteiger partial charge on any atom is 0.211 e. The molecular formula is C47H37N3Si. The lowest BCUT2D eigenvalue weighted by Gasteiger charge is -2.34. The molecule has 3 nitrogen and oxygen atoms in total. The molecule has 2 heterocycles. The van der Waals surface area contributed by atoms with E-state index in [9.17, 15) is 0 Å². The van der Waals surface area contributed by atoms with Gasteiger partial charge in [-0.05, 0) is 55.6 Å². The SMILES string of the molecule is CN1CC=C(c2cccc([Si](c3ccccc3)(c3ccccc3)c3ccccc3)c2)N=C1n1c2ccccc2c2ccc(-c3ccccc3)cc21. The van der Waals surface area contributed by atoms with Crippen molar-refractivity contribution in [3.63, 3.8) is 0 Å². The van der Waals surface area contributed by atoms with E-state index in [0.717, 1.165) is 34.8 Å². The van der Waals surface area contributed by atoms with Crippen molar-refractivity contribution in [1.29, 1.82) is 0 Å². The van der Waals surface area contributed by atoms with Crippen LogP contribution in [-0.2, 0) is 0 Å². The van der Waals surface area contributed by atoms with Gasteiger partial charge in [-0.3, -0.25) is 4.57 Å². The Morgan fingerprint density at radius 2 is 0.980 bits per heavy atom. The van der Waals surface area contributed by atoms with Crippen LogP contribution in [0.2, 0.25) is 0 Å². The quantitative estimate of drug-likeness (QED) is 0.130. The molecule has 0 N–H and O–H groups in total. The van der Waals surface area contributed by atoms with Crippen molar-refractivity contribution >= 4 is 62.3 Å².